The summed E-state index contributed by atoms with van der Waals surface area (Å²) in [5.74, 6) is 1.58. The molecule has 1 amide bonds. The van der Waals surface area contributed by atoms with Crippen LogP contribution in [0.5, 0.6) is 0 Å². The van der Waals surface area contributed by atoms with E-state index in [1.807, 2.05) is 24.1 Å². The van der Waals surface area contributed by atoms with Gasteiger partial charge in [-0.15, -0.1) is 0 Å². The summed E-state index contributed by atoms with van der Waals surface area (Å²) < 4.78 is 0. The Kier molecular flexibility index (Phi) is 4.40. The number of amides is 1. The van der Waals surface area contributed by atoms with Gasteiger partial charge in [-0.25, -0.2) is 4.98 Å². The van der Waals surface area contributed by atoms with Crippen LogP contribution in [0.25, 0.3) is 0 Å². The average molecular weight is 261 g/mol. The number of anilines is 1. The van der Waals surface area contributed by atoms with Gasteiger partial charge in [0.15, 0.2) is 0 Å². The first-order valence-corrected chi connectivity index (χ1v) is 7.10. The summed E-state index contributed by atoms with van der Waals surface area (Å²) in [6, 6.07) is 4.05. The predicted octanol–water partition coefficient (Wildman–Crippen LogP) is 2.77. The van der Waals surface area contributed by atoms with Crippen LogP contribution < -0.4 is 5.32 Å². The molecule has 0 aliphatic heterocycles. The first-order chi connectivity index (χ1) is 9.13. The molecule has 1 aliphatic carbocycles. The maximum absolute atomic E-state index is 12.3. The molecule has 104 valence electrons. The third-order valence-corrected chi connectivity index (χ3v) is 3.80. The first-order valence-electron chi connectivity index (χ1n) is 7.10. The highest BCUT2D eigenvalue weighted by Gasteiger charge is 2.32. The van der Waals surface area contributed by atoms with Crippen molar-refractivity contribution in [2.45, 2.75) is 39.2 Å². The molecule has 0 aromatic carbocycles. The molecule has 1 saturated carbocycles. The molecule has 19 heavy (non-hydrogen) atoms. The van der Waals surface area contributed by atoms with Crippen LogP contribution in [0.15, 0.2) is 18.3 Å². The zero-order valence-electron chi connectivity index (χ0n) is 12.0. The molecule has 0 bridgehead atoms. The van der Waals surface area contributed by atoms with Crippen LogP contribution in [-0.4, -0.2) is 35.4 Å². The SMILES string of the molecule is CCCNc1ccc(C(=O)N(C)C(C)C2CC2)cn1. The van der Waals surface area contributed by atoms with Gasteiger partial charge in [0, 0.05) is 25.8 Å². The van der Waals surface area contributed by atoms with Crippen molar-refractivity contribution in [1.82, 2.24) is 9.88 Å². The standard InChI is InChI=1S/C15H23N3O/c1-4-9-16-14-8-7-13(10-17-14)15(19)18(3)11(2)12-5-6-12/h7-8,10-12H,4-6,9H2,1-3H3,(H,16,17). The lowest BCUT2D eigenvalue weighted by molar-refractivity contribution is 0.0727. The van der Waals surface area contributed by atoms with E-state index in [4.69, 9.17) is 0 Å². The summed E-state index contributed by atoms with van der Waals surface area (Å²) in [6.45, 7) is 5.14. The van der Waals surface area contributed by atoms with E-state index in [9.17, 15) is 4.79 Å². The molecule has 1 N–H and O–H groups in total. The van der Waals surface area contributed by atoms with E-state index in [-0.39, 0.29) is 5.91 Å². The molecule has 1 aromatic heterocycles. The Balaban J connectivity index is 1.98. The summed E-state index contributed by atoms with van der Waals surface area (Å²) in [6.07, 6.45) is 5.22. The molecule has 0 radical (unpaired) electrons. The minimum atomic E-state index is 0.0638. The highest BCUT2D eigenvalue weighted by Crippen LogP contribution is 2.35. The van der Waals surface area contributed by atoms with E-state index < -0.39 is 0 Å². The number of carbonyl (C=O) groups excluding carboxylic acids is 1. The maximum atomic E-state index is 12.3. The smallest absolute Gasteiger partial charge is 0.255 e. The highest BCUT2D eigenvalue weighted by atomic mass is 16.2. The highest BCUT2D eigenvalue weighted by molar-refractivity contribution is 5.94. The van der Waals surface area contributed by atoms with Crippen LogP contribution in [0.1, 0.15) is 43.5 Å². The topological polar surface area (TPSA) is 45.2 Å². The van der Waals surface area contributed by atoms with Gasteiger partial charge in [0.1, 0.15) is 5.82 Å². The van der Waals surface area contributed by atoms with Crippen molar-refractivity contribution < 1.29 is 4.79 Å². The van der Waals surface area contributed by atoms with Crippen LogP contribution in [0, 0.1) is 5.92 Å². The van der Waals surface area contributed by atoms with Crippen molar-refractivity contribution in [1.29, 1.82) is 0 Å². The third-order valence-electron chi connectivity index (χ3n) is 3.80. The zero-order valence-corrected chi connectivity index (χ0v) is 12.0. The van der Waals surface area contributed by atoms with Crippen LogP contribution in [0.4, 0.5) is 5.82 Å². The first kappa shape index (κ1) is 13.8. The molecule has 1 fully saturated rings. The summed E-state index contributed by atoms with van der Waals surface area (Å²) in [4.78, 5) is 18.4. The van der Waals surface area contributed by atoms with E-state index in [1.54, 1.807) is 6.20 Å². The third kappa shape index (κ3) is 3.46. The molecule has 1 atom stereocenters. The monoisotopic (exact) mass is 261 g/mol. The second-order valence-electron chi connectivity index (χ2n) is 5.35. The molecule has 1 aliphatic rings. The fourth-order valence-corrected chi connectivity index (χ4v) is 2.16. The lowest BCUT2D eigenvalue weighted by Gasteiger charge is -2.24. The summed E-state index contributed by atoms with van der Waals surface area (Å²) in [7, 11) is 1.88. The summed E-state index contributed by atoms with van der Waals surface area (Å²) >= 11 is 0. The Morgan fingerprint density at radius 1 is 1.53 bits per heavy atom. The average Bonchev–Trinajstić information content (AvgIpc) is 3.28. The Morgan fingerprint density at radius 2 is 2.26 bits per heavy atom. The van der Waals surface area contributed by atoms with Gasteiger partial charge in [-0.05, 0) is 44.2 Å². The zero-order chi connectivity index (χ0) is 13.8. The number of pyridine rings is 1. The Hall–Kier alpha value is -1.58. The van der Waals surface area contributed by atoms with Crippen LogP contribution in [0.3, 0.4) is 0 Å². The molecule has 4 nitrogen and oxygen atoms in total. The van der Waals surface area contributed by atoms with E-state index in [1.165, 1.54) is 12.8 Å². The predicted molar refractivity (Wildman–Crippen MR) is 77.3 cm³/mol. The van der Waals surface area contributed by atoms with Gasteiger partial charge >= 0.3 is 0 Å². The van der Waals surface area contributed by atoms with E-state index >= 15 is 0 Å². The number of hydrogen-bond donors (Lipinski definition) is 1. The quantitative estimate of drug-likeness (QED) is 0.856. The lowest BCUT2D eigenvalue weighted by Crippen LogP contribution is -2.36. The molecular weight excluding hydrogens is 238 g/mol. The lowest BCUT2D eigenvalue weighted by atomic mass is 10.1. The second-order valence-corrected chi connectivity index (χ2v) is 5.35. The van der Waals surface area contributed by atoms with Gasteiger partial charge in [-0.2, -0.15) is 0 Å². The Morgan fingerprint density at radius 3 is 2.79 bits per heavy atom. The van der Waals surface area contributed by atoms with Crippen molar-refractivity contribution in [3.8, 4) is 0 Å². The van der Waals surface area contributed by atoms with Gasteiger partial charge in [-0.1, -0.05) is 6.92 Å². The van der Waals surface area contributed by atoms with E-state index in [2.05, 4.69) is 24.1 Å². The van der Waals surface area contributed by atoms with Crippen molar-refractivity contribution in [3.63, 3.8) is 0 Å². The van der Waals surface area contributed by atoms with Crippen molar-refractivity contribution >= 4 is 11.7 Å². The minimum absolute atomic E-state index is 0.0638. The minimum Gasteiger partial charge on any atom is -0.370 e. The molecule has 1 heterocycles. The molecule has 1 aromatic rings. The molecule has 1 unspecified atom stereocenters. The van der Waals surface area contributed by atoms with Crippen molar-refractivity contribution in [3.05, 3.63) is 23.9 Å². The van der Waals surface area contributed by atoms with Crippen LogP contribution >= 0.6 is 0 Å². The molecule has 4 heteroatoms. The van der Waals surface area contributed by atoms with Gasteiger partial charge in [0.2, 0.25) is 0 Å². The summed E-state index contributed by atoms with van der Waals surface area (Å²) in [5.41, 5.74) is 0.664. The van der Waals surface area contributed by atoms with Gasteiger partial charge in [0.05, 0.1) is 5.56 Å². The summed E-state index contributed by atoms with van der Waals surface area (Å²) in [5, 5.41) is 3.20. The van der Waals surface area contributed by atoms with Gasteiger partial charge in [0.25, 0.3) is 5.91 Å². The fourth-order valence-electron chi connectivity index (χ4n) is 2.16. The molecular formula is C15H23N3O. The van der Waals surface area contributed by atoms with Crippen molar-refractivity contribution in [2.75, 3.05) is 18.9 Å². The van der Waals surface area contributed by atoms with Gasteiger partial charge in [-0.3, -0.25) is 4.79 Å². The Bertz CT molecular complexity index is 426. The molecule has 0 saturated heterocycles. The van der Waals surface area contributed by atoms with Crippen LogP contribution in [0.2, 0.25) is 0 Å². The Labute approximate surface area is 115 Å². The normalized spacial score (nSPS) is 15.9. The van der Waals surface area contributed by atoms with Gasteiger partial charge < -0.3 is 10.2 Å². The van der Waals surface area contributed by atoms with E-state index in [0.29, 0.717) is 17.5 Å². The second kappa shape index (κ2) is 6.04. The van der Waals surface area contributed by atoms with Crippen LogP contribution in [-0.2, 0) is 0 Å². The number of nitrogens with zero attached hydrogens (tertiary/aromatic N) is 2. The van der Waals surface area contributed by atoms with E-state index in [0.717, 1.165) is 18.8 Å². The molecule has 2 rings (SSSR count). The number of hydrogen-bond acceptors (Lipinski definition) is 3. The number of rotatable bonds is 6. The fraction of sp³-hybridized carbons (Fsp3) is 0.600. The molecule has 0 spiro atoms. The largest absolute Gasteiger partial charge is 0.370 e. The number of carbonyl (C=O) groups is 1. The number of nitrogens with one attached hydrogen (secondary N) is 1. The van der Waals surface area contributed by atoms with Crippen molar-refractivity contribution in [2.24, 2.45) is 5.92 Å². The maximum Gasteiger partial charge on any atom is 0.255 e. The number of aromatic nitrogens is 1.